The van der Waals surface area contributed by atoms with E-state index in [0.29, 0.717) is 0 Å². The van der Waals surface area contributed by atoms with Crippen molar-refractivity contribution in [3.05, 3.63) is 35.4 Å². The van der Waals surface area contributed by atoms with E-state index in [4.69, 9.17) is 0 Å². The molecule has 2 heteroatoms. The first-order chi connectivity index (χ1) is 6.24. The lowest BCUT2D eigenvalue weighted by atomic mass is 10.2. The van der Waals surface area contributed by atoms with Crippen LogP contribution >= 0.6 is 0 Å². The second-order valence-electron chi connectivity index (χ2n) is 2.00. The van der Waals surface area contributed by atoms with Crippen molar-refractivity contribution >= 4 is 0 Å². The molecular weight excluding hydrogens is 170 g/mol. The average Bonchev–Trinajstić information content (AvgIpc) is 2.14. The van der Waals surface area contributed by atoms with Crippen molar-refractivity contribution in [1.29, 1.82) is 0 Å². The molecule has 0 heterocycles. The minimum Gasteiger partial charge on any atom is -0.207 e. The Labute approximate surface area is 77.6 Å². The Kier molecular flexibility index (Phi) is 5.54. The second kappa shape index (κ2) is 6.19. The Morgan fingerprint density at radius 2 is 1.77 bits per heavy atom. The van der Waals surface area contributed by atoms with E-state index in [0.717, 1.165) is 6.07 Å². The van der Waals surface area contributed by atoms with Crippen molar-refractivity contribution in [3.8, 4) is 11.8 Å². The van der Waals surface area contributed by atoms with Gasteiger partial charge in [0.1, 0.15) is 11.6 Å². The number of hydrogen-bond acceptors (Lipinski definition) is 0. The van der Waals surface area contributed by atoms with Crippen LogP contribution in [-0.2, 0) is 0 Å². The molecule has 0 amide bonds. The quantitative estimate of drug-likeness (QED) is 0.540. The van der Waals surface area contributed by atoms with Crippen LogP contribution in [0.15, 0.2) is 18.2 Å². The molecule has 0 aliphatic heterocycles. The molecule has 0 N–H and O–H groups in total. The molecule has 0 aromatic heterocycles. The van der Waals surface area contributed by atoms with Crippen LogP contribution < -0.4 is 0 Å². The summed E-state index contributed by atoms with van der Waals surface area (Å²) in [5.74, 6) is 3.85. The Morgan fingerprint density at radius 1 is 1.15 bits per heavy atom. The molecule has 0 saturated carbocycles. The van der Waals surface area contributed by atoms with E-state index in [2.05, 4.69) is 11.8 Å². The summed E-state index contributed by atoms with van der Waals surface area (Å²) in [5, 5.41) is 0. The van der Waals surface area contributed by atoms with Crippen molar-refractivity contribution in [1.82, 2.24) is 0 Å². The lowest BCUT2D eigenvalue weighted by Crippen LogP contribution is -1.84. The van der Waals surface area contributed by atoms with Gasteiger partial charge in [-0.2, -0.15) is 0 Å². The first kappa shape index (κ1) is 11.6. The molecular formula is C11H12F2. The fourth-order valence-electron chi connectivity index (χ4n) is 0.726. The summed E-state index contributed by atoms with van der Waals surface area (Å²) in [6, 6.07) is 3.32. The number of rotatable bonds is 0. The number of hydrogen-bond donors (Lipinski definition) is 0. The van der Waals surface area contributed by atoms with Gasteiger partial charge in [-0.05, 0) is 19.1 Å². The van der Waals surface area contributed by atoms with Gasteiger partial charge in [-0.1, -0.05) is 19.8 Å². The fraction of sp³-hybridized carbons (Fsp3) is 0.273. The van der Waals surface area contributed by atoms with Crippen LogP contribution in [0.2, 0.25) is 0 Å². The summed E-state index contributed by atoms with van der Waals surface area (Å²) in [5.41, 5.74) is 0.230. The summed E-state index contributed by atoms with van der Waals surface area (Å²) in [6.45, 7) is 5.60. The third-order valence-electron chi connectivity index (χ3n) is 1.19. The maximum absolute atomic E-state index is 12.7. The van der Waals surface area contributed by atoms with Gasteiger partial charge in [0, 0.05) is 6.07 Å². The molecule has 0 nitrogen and oxygen atoms in total. The topological polar surface area (TPSA) is 0 Å². The summed E-state index contributed by atoms with van der Waals surface area (Å²) in [7, 11) is 0. The smallest absolute Gasteiger partial charge is 0.141 e. The third kappa shape index (κ3) is 3.71. The van der Waals surface area contributed by atoms with Crippen molar-refractivity contribution < 1.29 is 8.78 Å². The van der Waals surface area contributed by atoms with Crippen LogP contribution in [-0.4, -0.2) is 0 Å². The van der Waals surface area contributed by atoms with Gasteiger partial charge in [-0.3, -0.25) is 0 Å². The first-order valence-electron chi connectivity index (χ1n) is 4.12. The van der Waals surface area contributed by atoms with Crippen LogP contribution in [0.3, 0.4) is 0 Å². The molecule has 0 saturated heterocycles. The van der Waals surface area contributed by atoms with Gasteiger partial charge in [-0.25, -0.2) is 8.78 Å². The lowest BCUT2D eigenvalue weighted by molar-refractivity contribution is 0.581. The van der Waals surface area contributed by atoms with Crippen molar-refractivity contribution in [2.24, 2.45) is 0 Å². The van der Waals surface area contributed by atoms with E-state index in [1.807, 2.05) is 13.8 Å². The van der Waals surface area contributed by atoms with Gasteiger partial charge in [0.2, 0.25) is 0 Å². The first-order valence-corrected chi connectivity index (χ1v) is 4.12. The van der Waals surface area contributed by atoms with Crippen molar-refractivity contribution in [2.75, 3.05) is 0 Å². The average molecular weight is 182 g/mol. The molecule has 1 aromatic carbocycles. The van der Waals surface area contributed by atoms with E-state index in [9.17, 15) is 8.78 Å². The molecule has 0 unspecified atom stereocenters. The zero-order valence-electron chi connectivity index (χ0n) is 7.99. The summed E-state index contributed by atoms with van der Waals surface area (Å²) >= 11 is 0. The molecule has 0 bridgehead atoms. The predicted octanol–water partition coefficient (Wildman–Crippen LogP) is 3.36. The van der Waals surface area contributed by atoms with Gasteiger partial charge < -0.3 is 0 Å². The highest BCUT2D eigenvalue weighted by Crippen LogP contribution is 2.07. The standard InChI is InChI=1S/C9H6F2.C2H6/c1-2-3-7-4-5-8(10)6-9(7)11;1-2/h4-6H,1H3;1-2H3. The van der Waals surface area contributed by atoms with Gasteiger partial charge in [0.15, 0.2) is 0 Å². The molecule has 13 heavy (non-hydrogen) atoms. The van der Waals surface area contributed by atoms with Crippen LogP contribution in [0.4, 0.5) is 8.78 Å². The monoisotopic (exact) mass is 182 g/mol. The van der Waals surface area contributed by atoms with Crippen molar-refractivity contribution in [3.63, 3.8) is 0 Å². The largest absolute Gasteiger partial charge is 0.207 e. The molecule has 0 fully saturated rings. The van der Waals surface area contributed by atoms with Gasteiger partial charge in [0.05, 0.1) is 5.56 Å². The SMILES string of the molecule is CC.CC#Cc1ccc(F)cc1F. The Bertz CT molecular complexity index is 319. The molecule has 0 aliphatic carbocycles. The fourth-order valence-corrected chi connectivity index (χ4v) is 0.726. The second-order valence-corrected chi connectivity index (χ2v) is 2.00. The Hall–Kier alpha value is -1.36. The summed E-state index contributed by atoms with van der Waals surface area (Å²) < 4.78 is 25.0. The van der Waals surface area contributed by atoms with Crippen molar-refractivity contribution in [2.45, 2.75) is 20.8 Å². The van der Waals surface area contributed by atoms with Gasteiger partial charge in [0.25, 0.3) is 0 Å². The molecule has 0 radical (unpaired) electrons. The number of benzene rings is 1. The molecule has 1 rings (SSSR count). The van der Waals surface area contributed by atoms with E-state index in [-0.39, 0.29) is 5.56 Å². The minimum absolute atomic E-state index is 0.230. The van der Waals surface area contributed by atoms with E-state index >= 15 is 0 Å². The highest BCUT2D eigenvalue weighted by Gasteiger charge is 1.98. The van der Waals surface area contributed by atoms with Crippen LogP contribution in [0.5, 0.6) is 0 Å². The maximum atomic E-state index is 12.7. The van der Waals surface area contributed by atoms with E-state index < -0.39 is 11.6 Å². The summed E-state index contributed by atoms with van der Waals surface area (Å²) in [6.07, 6.45) is 0. The van der Waals surface area contributed by atoms with Crippen LogP contribution in [0.25, 0.3) is 0 Å². The third-order valence-corrected chi connectivity index (χ3v) is 1.19. The summed E-state index contributed by atoms with van der Waals surface area (Å²) in [4.78, 5) is 0. The normalized spacial score (nSPS) is 7.77. The van der Waals surface area contributed by atoms with E-state index in [1.54, 1.807) is 6.92 Å². The molecule has 70 valence electrons. The Balaban J connectivity index is 0.000000671. The van der Waals surface area contributed by atoms with E-state index in [1.165, 1.54) is 12.1 Å². The number of halogens is 2. The van der Waals surface area contributed by atoms with Gasteiger partial charge in [-0.15, -0.1) is 5.92 Å². The highest BCUT2D eigenvalue weighted by molar-refractivity contribution is 5.34. The highest BCUT2D eigenvalue weighted by atomic mass is 19.1. The zero-order valence-corrected chi connectivity index (χ0v) is 7.99. The predicted molar refractivity (Wildman–Crippen MR) is 50.3 cm³/mol. The molecule has 1 aromatic rings. The maximum Gasteiger partial charge on any atom is 0.141 e. The van der Waals surface area contributed by atoms with Crippen LogP contribution in [0.1, 0.15) is 26.3 Å². The van der Waals surface area contributed by atoms with Crippen LogP contribution in [0, 0.1) is 23.5 Å². The molecule has 0 spiro atoms. The molecule has 0 atom stereocenters. The Morgan fingerprint density at radius 3 is 2.23 bits per heavy atom. The lowest BCUT2D eigenvalue weighted by Gasteiger charge is -1.92. The zero-order chi connectivity index (χ0) is 10.3. The minimum atomic E-state index is -0.612. The molecule has 0 aliphatic rings. The van der Waals surface area contributed by atoms with Gasteiger partial charge >= 0.3 is 0 Å².